The molecule has 0 saturated heterocycles. The zero-order valence-electron chi connectivity index (χ0n) is 22.3. The highest BCUT2D eigenvalue weighted by atomic mass is 32.2. The van der Waals surface area contributed by atoms with E-state index >= 15 is 0 Å². The molecule has 3 N–H and O–H groups in total. The Kier molecular flexibility index (Phi) is 7.29. The van der Waals surface area contributed by atoms with Crippen molar-refractivity contribution in [3.05, 3.63) is 36.5 Å². The summed E-state index contributed by atoms with van der Waals surface area (Å²) in [5.74, 6) is -1.03. The van der Waals surface area contributed by atoms with E-state index < -0.39 is 21.4 Å². The summed E-state index contributed by atoms with van der Waals surface area (Å²) in [5.41, 5.74) is 7.46. The summed E-state index contributed by atoms with van der Waals surface area (Å²) in [5, 5.41) is 18.5. The molecule has 15 heteroatoms. The second kappa shape index (κ2) is 10.6. The van der Waals surface area contributed by atoms with Crippen LogP contribution in [0.1, 0.15) is 37.3 Å². The van der Waals surface area contributed by atoms with Crippen molar-refractivity contribution < 1.29 is 27.8 Å². The first kappa shape index (κ1) is 27.6. The normalized spacial score (nSPS) is 19.7. The SMILES string of the molecule is COCCOC1(C(=O)O)CCC(c2nc3c(-c4cnc(-c5ccn(C)n5)nc4)cnn3c(N)c2S(C)(=O)=O)CC1. The van der Waals surface area contributed by atoms with E-state index in [-0.39, 0.29) is 48.4 Å². The molecule has 0 amide bonds. The molecule has 1 fully saturated rings. The minimum atomic E-state index is -3.80. The fourth-order valence-corrected chi connectivity index (χ4v) is 6.17. The number of methoxy groups -OCH3 is 1. The van der Waals surface area contributed by atoms with Crippen molar-refractivity contribution in [1.82, 2.24) is 34.3 Å². The maximum absolute atomic E-state index is 12.9. The summed E-state index contributed by atoms with van der Waals surface area (Å²) < 4.78 is 39.5. The lowest BCUT2D eigenvalue weighted by molar-refractivity contribution is -0.173. The van der Waals surface area contributed by atoms with Crippen LogP contribution in [0, 0.1) is 0 Å². The number of fused-ring (bicyclic) bond motifs is 1. The second-order valence-electron chi connectivity index (χ2n) is 9.86. The summed E-state index contributed by atoms with van der Waals surface area (Å²) in [6.07, 6.45) is 8.69. The minimum absolute atomic E-state index is 0.0637. The third kappa shape index (κ3) is 5.02. The van der Waals surface area contributed by atoms with Crippen LogP contribution in [0.3, 0.4) is 0 Å². The zero-order valence-corrected chi connectivity index (χ0v) is 23.1. The number of aliphatic carboxylic acids is 1. The van der Waals surface area contributed by atoms with Crippen LogP contribution < -0.4 is 5.73 Å². The molecular formula is C25H30N8O6S. The zero-order chi connectivity index (χ0) is 28.7. The number of ether oxygens (including phenoxy) is 2. The minimum Gasteiger partial charge on any atom is -0.479 e. The molecule has 4 aromatic rings. The maximum Gasteiger partial charge on any atom is 0.335 e. The lowest BCUT2D eigenvalue weighted by atomic mass is 9.77. The van der Waals surface area contributed by atoms with Gasteiger partial charge in [0.2, 0.25) is 0 Å². The number of hydrogen-bond donors (Lipinski definition) is 2. The standard InChI is InChI=1S/C25H30N8O6S/c1-32-9-6-18(31-32)22-27-12-16(13-28-22)17-14-29-33-21(26)20(40(3,36)37)19(30-23(17)33)15-4-7-25(8-5-15,24(34)35)39-11-10-38-2/h6,9,12-15H,4-5,7-8,10-11,26H2,1-3H3,(H,34,35). The summed E-state index contributed by atoms with van der Waals surface area (Å²) in [4.78, 5) is 25.6. The average molecular weight is 571 g/mol. The first-order valence-corrected chi connectivity index (χ1v) is 14.5. The van der Waals surface area contributed by atoms with Crippen molar-refractivity contribution in [2.45, 2.75) is 42.1 Å². The number of aryl methyl sites for hydroxylation is 1. The van der Waals surface area contributed by atoms with E-state index in [4.69, 9.17) is 20.2 Å². The van der Waals surface area contributed by atoms with Crippen molar-refractivity contribution in [3.8, 4) is 22.6 Å². The first-order chi connectivity index (χ1) is 19.0. The molecule has 14 nitrogen and oxygen atoms in total. The van der Waals surface area contributed by atoms with Crippen molar-refractivity contribution in [2.24, 2.45) is 7.05 Å². The van der Waals surface area contributed by atoms with Crippen LogP contribution in [0.4, 0.5) is 5.82 Å². The molecule has 0 spiro atoms. The molecule has 0 aromatic carbocycles. The molecule has 0 aliphatic heterocycles. The predicted molar refractivity (Wildman–Crippen MR) is 143 cm³/mol. The molecule has 1 saturated carbocycles. The van der Waals surface area contributed by atoms with E-state index in [1.54, 1.807) is 36.4 Å². The summed E-state index contributed by atoms with van der Waals surface area (Å²) in [6, 6.07) is 1.80. The summed E-state index contributed by atoms with van der Waals surface area (Å²) in [7, 11) is -0.488. The molecule has 212 valence electrons. The Bertz CT molecular complexity index is 1660. The number of rotatable bonds is 9. The molecule has 40 heavy (non-hydrogen) atoms. The largest absolute Gasteiger partial charge is 0.479 e. The number of nitrogen functional groups attached to an aromatic ring is 1. The van der Waals surface area contributed by atoms with E-state index in [1.807, 2.05) is 0 Å². The third-order valence-electron chi connectivity index (χ3n) is 7.18. The number of carboxylic acids is 1. The Balaban J connectivity index is 1.53. The number of aromatic nitrogens is 7. The molecule has 0 atom stereocenters. The van der Waals surface area contributed by atoms with Crippen LogP contribution in [0.15, 0.2) is 35.7 Å². The van der Waals surface area contributed by atoms with Crippen molar-refractivity contribution in [2.75, 3.05) is 32.3 Å². The van der Waals surface area contributed by atoms with Gasteiger partial charge in [-0.3, -0.25) is 4.68 Å². The van der Waals surface area contributed by atoms with Gasteiger partial charge in [0.25, 0.3) is 0 Å². The fraction of sp³-hybridized carbons (Fsp3) is 0.440. The number of sulfone groups is 1. The maximum atomic E-state index is 12.9. The van der Waals surface area contributed by atoms with Gasteiger partial charge in [0.15, 0.2) is 26.9 Å². The number of hydrogen-bond acceptors (Lipinski definition) is 11. The van der Waals surface area contributed by atoms with Crippen LogP contribution in [0.5, 0.6) is 0 Å². The van der Waals surface area contributed by atoms with Gasteiger partial charge in [0, 0.05) is 56.0 Å². The average Bonchev–Trinajstić information content (AvgIpc) is 3.55. The Hall–Kier alpha value is -3.95. The highest BCUT2D eigenvalue weighted by Gasteiger charge is 2.44. The van der Waals surface area contributed by atoms with E-state index in [2.05, 4.69) is 20.2 Å². The molecule has 0 unspecified atom stereocenters. The quantitative estimate of drug-likeness (QED) is 0.278. The van der Waals surface area contributed by atoms with Crippen molar-refractivity contribution >= 4 is 27.3 Å². The van der Waals surface area contributed by atoms with Gasteiger partial charge in [0.05, 0.1) is 25.1 Å². The van der Waals surface area contributed by atoms with Gasteiger partial charge >= 0.3 is 5.97 Å². The van der Waals surface area contributed by atoms with E-state index in [9.17, 15) is 18.3 Å². The van der Waals surface area contributed by atoms with Gasteiger partial charge in [-0.25, -0.2) is 28.2 Å². The van der Waals surface area contributed by atoms with E-state index in [0.717, 1.165) is 6.26 Å². The molecular weight excluding hydrogens is 540 g/mol. The number of carboxylic acid groups (broad SMARTS) is 1. The highest BCUT2D eigenvalue weighted by Crippen LogP contribution is 2.43. The number of nitrogens with zero attached hydrogens (tertiary/aromatic N) is 7. The summed E-state index contributed by atoms with van der Waals surface area (Å²) in [6.45, 7) is 0.404. The molecule has 0 radical (unpaired) electrons. The summed E-state index contributed by atoms with van der Waals surface area (Å²) >= 11 is 0. The smallest absolute Gasteiger partial charge is 0.335 e. The molecule has 5 rings (SSSR count). The van der Waals surface area contributed by atoms with Crippen molar-refractivity contribution in [1.29, 1.82) is 0 Å². The van der Waals surface area contributed by atoms with Gasteiger partial charge in [-0.2, -0.15) is 14.7 Å². The van der Waals surface area contributed by atoms with Gasteiger partial charge in [0.1, 0.15) is 16.4 Å². The number of nitrogens with two attached hydrogens (primary N) is 1. The van der Waals surface area contributed by atoms with E-state index in [0.29, 0.717) is 41.1 Å². The molecule has 4 heterocycles. The fourth-order valence-electron chi connectivity index (χ4n) is 5.11. The highest BCUT2D eigenvalue weighted by molar-refractivity contribution is 7.91. The van der Waals surface area contributed by atoms with E-state index in [1.165, 1.54) is 17.8 Å². The van der Waals surface area contributed by atoms with Gasteiger partial charge in [-0.15, -0.1) is 0 Å². The van der Waals surface area contributed by atoms with Gasteiger partial charge < -0.3 is 20.3 Å². The topological polar surface area (TPSA) is 190 Å². The van der Waals surface area contributed by atoms with Gasteiger partial charge in [-0.1, -0.05) is 0 Å². The molecule has 0 bridgehead atoms. The molecule has 4 aromatic heterocycles. The van der Waals surface area contributed by atoms with Crippen LogP contribution in [0.2, 0.25) is 0 Å². The molecule has 1 aliphatic rings. The van der Waals surface area contributed by atoms with Crippen LogP contribution in [0.25, 0.3) is 28.3 Å². The van der Waals surface area contributed by atoms with Crippen LogP contribution in [-0.2, 0) is 31.2 Å². The Morgan fingerprint density at radius 2 is 1.90 bits per heavy atom. The molecule has 1 aliphatic carbocycles. The Morgan fingerprint density at radius 3 is 2.48 bits per heavy atom. The number of anilines is 1. The predicted octanol–water partition coefficient (Wildman–Crippen LogP) is 1.72. The number of carbonyl (C=O) groups is 1. The van der Waals surface area contributed by atoms with Crippen LogP contribution >= 0.6 is 0 Å². The second-order valence-corrected chi connectivity index (χ2v) is 11.8. The monoisotopic (exact) mass is 570 g/mol. The van der Waals surface area contributed by atoms with Gasteiger partial charge in [-0.05, 0) is 31.7 Å². The van der Waals surface area contributed by atoms with Crippen LogP contribution in [-0.4, -0.2) is 86.0 Å². The lowest BCUT2D eigenvalue weighted by Crippen LogP contribution is -2.45. The van der Waals surface area contributed by atoms with Crippen molar-refractivity contribution in [3.63, 3.8) is 0 Å². The Morgan fingerprint density at radius 1 is 1.20 bits per heavy atom. The lowest BCUT2D eigenvalue weighted by Gasteiger charge is -2.36. The Labute approximate surface area is 230 Å². The first-order valence-electron chi connectivity index (χ1n) is 12.6. The third-order valence-corrected chi connectivity index (χ3v) is 8.34.